The molecule has 0 bridgehead atoms. The van der Waals surface area contributed by atoms with Gasteiger partial charge in [-0.2, -0.15) is 0 Å². The summed E-state index contributed by atoms with van der Waals surface area (Å²) in [5.41, 5.74) is 2.48. The number of Topliss-reactive ketones (excluding diaryl/α,β-unsaturated/α-hetero) is 1. The van der Waals surface area contributed by atoms with Crippen molar-refractivity contribution < 1.29 is 14.3 Å². The first-order chi connectivity index (χ1) is 7.47. The molecule has 1 aromatic rings. The minimum absolute atomic E-state index is 0.187. The summed E-state index contributed by atoms with van der Waals surface area (Å²) >= 11 is 0. The Labute approximate surface area is 95.4 Å². The maximum atomic E-state index is 12.0. The van der Waals surface area contributed by atoms with Crippen LogP contribution in [0.25, 0.3) is 0 Å². The molecule has 0 amide bonds. The molecule has 1 unspecified atom stereocenters. The standard InChI is InChI=1S/C13H16O3/c1-8-5-6-9(2)11(7-8)12(14)10(3)13(15)16-4/h5-7,10H,1-4H3. The van der Waals surface area contributed by atoms with Gasteiger partial charge in [0.25, 0.3) is 0 Å². The van der Waals surface area contributed by atoms with Gasteiger partial charge < -0.3 is 4.74 Å². The molecule has 1 rings (SSSR count). The van der Waals surface area contributed by atoms with Gasteiger partial charge in [-0.15, -0.1) is 0 Å². The van der Waals surface area contributed by atoms with Crippen LogP contribution in [0.15, 0.2) is 18.2 Å². The Hall–Kier alpha value is -1.64. The van der Waals surface area contributed by atoms with Crippen LogP contribution in [-0.2, 0) is 9.53 Å². The zero-order chi connectivity index (χ0) is 12.3. The minimum Gasteiger partial charge on any atom is -0.468 e. The Morgan fingerprint density at radius 2 is 1.88 bits per heavy atom. The van der Waals surface area contributed by atoms with Crippen molar-refractivity contribution in [3.8, 4) is 0 Å². The number of hydrogen-bond acceptors (Lipinski definition) is 3. The lowest BCUT2D eigenvalue weighted by Crippen LogP contribution is -2.23. The van der Waals surface area contributed by atoms with Crippen LogP contribution in [-0.4, -0.2) is 18.9 Å². The van der Waals surface area contributed by atoms with Gasteiger partial charge in [0.15, 0.2) is 5.78 Å². The number of aryl methyl sites for hydroxylation is 2. The first-order valence-electron chi connectivity index (χ1n) is 5.16. The van der Waals surface area contributed by atoms with Crippen molar-refractivity contribution in [1.82, 2.24) is 0 Å². The Bertz CT molecular complexity index is 421. The molecule has 0 aliphatic heterocycles. The van der Waals surface area contributed by atoms with Gasteiger partial charge in [0, 0.05) is 5.56 Å². The average molecular weight is 220 g/mol. The summed E-state index contributed by atoms with van der Waals surface area (Å²) in [7, 11) is 1.29. The third-order valence-electron chi connectivity index (χ3n) is 2.61. The van der Waals surface area contributed by atoms with Crippen molar-refractivity contribution in [2.75, 3.05) is 7.11 Å². The highest BCUT2D eigenvalue weighted by Gasteiger charge is 2.24. The van der Waals surface area contributed by atoms with Gasteiger partial charge in [-0.3, -0.25) is 9.59 Å². The molecule has 1 aromatic carbocycles. The largest absolute Gasteiger partial charge is 0.468 e. The van der Waals surface area contributed by atoms with Crippen LogP contribution in [0.3, 0.4) is 0 Å². The van der Waals surface area contributed by atoms with E-state index in [2.05, 4.69) is 4.74 Å². The molecule has 0 saturated heterocycles. The van der Waals surface area contributed by atoms with E-state index in [1.165, 1.54) is 7.11 Å². The van der Waals surface area contributed by atoms with E-state index in [-0.39, 0.29) is 5.78 Å². The molecular weight excluding hydrogens is 204 g/mol. The maximum absolute atomic E-state index is 12.0. The predicted molar refractivity (Wildman–Crippen MR) is 61.4 cm³/mol. The number of carbonyl (C=O) groups is 2. The quantitative estimate of drug-likeness (QED) is 0.446. The van der Waals surface area contributed by atoms with Gasteiger partial charge in [-0.1, -0.05) is 17.7 Å². The number of rotatable bonds is 3. The number of carbonyl (C=O) groups excluding carboxylic acids is 2. The van der Waals surface area contributed by atoms with E-state index in [0.29, 0.717) is 5.56 Å². The van der Waals surface area contributed by atoms with Gasteiger partial charge in [-0.05, 0) is 32.4 Å². The van der Waals surface area contributed by atoms with Gasteiger partial charge in [-0.25, -0.2) is 0 Å². The van der Waals surface area contributed by atoms with Crippen LogP contribution in [0.5, 0.6) is 0 Å². The molecule has 0 aliphatic carbocycles. The highest BCUT2D eigenvalue weighted by molar-refractivity contribution is 6.09. The highest BCUT2D eigenvalue weighted by atomic mass is 16.5. The fourth-order valence-electron chi connectivity index (χ4n) is 1.52. The van der Waals surface area contributed by atoms with E-state index >= 15 is 0 Å². The Balaban J connectivity index is 3.05. The fraction of sp³-hybridized carbons (Fsp3) is 0.385. The molecule has 3 nitrogen and oxygen atoms in total. The van der Waals surface area contributed by atoms with E-state index in [1.807, 2.05) is 26.0 Å². The first-order valence-corrected chi connectivity index (χ1v) is 5.16. The molecule has 0 heterocycles. The van der Waals surface area contributed by atoms with Crippen LogP contribution < -0.4 is 0 Å². The topological polar surface area (TPSA) is 43.4 Å². The minimum atomic E-state index is -0.745. The average Bonchev–Trinajstić information content (AvgIpc) is 2.29. The third-order valence-corrected chi connectivity index (χ3v) is 2.61. The summed E-state index contributed by atoms with van der Waals surface area (Å²) in [4.78, 5) is 23.3. The fourth-order valence-corrected chi connectivity index (χ4v) is 1.52. The summed E-state index contributed by atoms with van der Waals surface area (Å²) in [6.07, 6.45) is 0. The van der Waals surface area contributed by atoms with E-state index < -0.39 is 11.9 Å². The van der Waals surface area contributed by atoms with Crippen LogP contribution in [0, 0.1) is 19.8 Å². The van der Waals surface area contributed by atoms with Crippen molar-refractivity contribution in [3.63, 3.8) is 0 Å². The monoisotopic (exact) mass is 220 g/mol. The van der Waals surface area contributed by atoms with Crippen LogP contribution in [0.4, 0.5) is 0 Å². The van der Waals surface area contributed by atoms with Gasteiger partial charge in [0.05, 0.1) is 7.11 Å². The van der Waals surface area contributed by atoms with Crippen molar-refractivity contribution in [1.29, 1.82) is 0 Å². The summed E-state index contributed by atoms with van der Waals surface area (Å²) in [6, 6.07) is 5.62. The van der Waals surface area contributed by atoms with E-state index in [4.69, 9.17) is 0 Å². The smallest absolute Gasteiger partial charge is 0.316 e. The van der Waals surface area contributed by atoms with E-state index in [1.54, 1.807) is 13.0 Å². The van der Waals surface area contributed by atoms with Gasteiger partial charge in [0.2, 0.25) is 0 Å². The van der Waals surface area contributed by atoms with Crippen molar-refractivity contribution in [3.05, 3.63) is 34.9 Å². The lowest BCUT2D eigenvalue weighted by molar-refractivity contribution is -0.143. The Morgan fingerprint density at radius 1 is 1.25 bits per heavy atom. The summed E-state index contributed by atoms with van der Waals surface area (Å²) in [5.74, 6) is -1.43. The van der Waals surface area contributed by atoms with Gasteiger partial charge >= 0.3 is 5.97 Å². The zero-order valence-electron chi connectivity index (χ0n) is 10.0. The molecule has 1 atom stereocenters. The maximum Gasteiger partial charge on any atom is 0.316 e. The van der Waals surface area contributed by atoms with E-state index in [0.717, 1.165) is 11.1 Å². The molecule has 16 heavy (non-hydrogen) atoms. The Kier molecular flexibility index (Phi) is 3.82. The molecule has 0 aliphatic rings. The second-order valence-corrected chi connectivity index (χ2v) is 3.93. The molecule has 0 spiro atoms. The van der Waals surface area contributed by atoms with E-state index in [9.17, 15) is 9.59 Å². The molecule has 0 radical (unpaired) electrons. The number of hydrogen-bond donors (Lipinski definition) is 0. The number of ether oxygens (including phenoxy) is 1. The van der Waals surface area contributed by atoms with Crippen LogP contribution in [0.2, 0.25) is 0 Å². The Morgan fingerprint density at radius 3 is 2.44 bits per heavy atom. The number of methoxy groups -OCH3 is 1. The number of ketones is 1. The molecule has 0 aromatic heterocycles. The third kappa shape index (κ3) is 2.48. The lowest BCUT2D eigenvalue weighted by atomic mass is 9.94. The van der Waals surface area contributed by atoms with Gasteiger partial charge in [0.1, 0.15) is 5.92 Å². The van der Waals surface area contributed by atoms with Crippen LogP contribution in [0.1, 0.15) is 28.4 Å². The number of esters is 1. The summed E-state index contributed by atoms with van der Waals surface area (Å²) in [5, 5.41) is 0. The summed E-state index contributed by atoms with van der Waals surface area (Å²) < 4.78 is 4.56. The molecule has 86 valence electrons. The second kappa shape index (κ2) is 4.92. The summed E-state index contributed by atoms with van der Waals surface area (Å²) in [6.45, 7) is 5.34. The molecule has 0 fully saturated rings. The zero-order valence-corrected chi connectivity index (χ0v) is 10.0. The van der Waals surface area contributed by atoms with Crippen LogP contribution >= 0.6 is 0 Å². The molecule has 0 saturated carbocycles. The van der Waals surface area contributed by atoms with Crippen molar-refractivity contribution in [2.24, 2.45) is 5.92 Å². The van der Waals surface area contributed by atoms with Crippen molar-refractivity contribution in [2.45, 2.75) is 20.8 Å². The molecular formula is C13H16O3. The molecule has 0 N–H and O–H groups in total. The SMILES string of the molecule is COC(=O)C(C)C(=O)c1cc(C)ccc1C. The van der Waals surface area contributed by atoms with Crippen molar-refractivity contribution >= 4 is 11.8 Å². The first kappa shape index (κ1) is 12.4. The lowest BCUT2D eigenvalue weighted by Gasteiger charge is -2.10. The molecule has 3 heteroatoms. The highest BCUT2D eigenvalue weighted by Crippen LogP contribution is 2.16. The predicted octanol–water partition coefficient (Wildman–Crippen LogP) is 2.30. The normalized spacial score (nSPS) is 12.0. The second-order valence-electron chi connectivity index (χ2n) is 3.93. The number of benzene rings is 1.